The van der Waals surface area contributed by atoms with Crippen LogP contribution >= 0.6 is 11.6 Å². The van der Waals surface area contributed by atoms with E-state index in [1.165, 1.54) is 0 Å². The third-order valence-corrected chi connectivity index (χ3v) is 5.28. The summed E-state index contributed by atoms with van der Waals surface area (Å²) in [4.78, 5) is 12.2. The highest BCUT2D eigenvalue weighted by molar-refractivity contribution is 7.92. The molecule has 0 saturated carbocycles. The number of sulfonamides is 1. The van der Waals surface area contributed by atoms with Crippen molar-refractivity contribution in [2.45, 2.75) is 19.8 Å². The molecule has 2 aromatic rings. The van der Waals surface area contributed by atoms with Crippen LogP contribution in [0.4, 0.5) is 5.69 Å². The molecular formula is C19H23ClN2O3S. The molecule has 1 amide bonds. The molecule has 0 radical (unpaired) electrons. The van der Waals surface area contributed by atoms with Crippen molar-refractivity contribution in [2.75, 3.05) is 23.7 Å². The van der Waals surface area contributed by atoms with Crippen LogP contribution in [0.15, 0.2) is 48.5 Å². The van der Waals surface area contributed by atoms with Gasteiger partial charge in [-0.2, -0.15) is 0 Å². The molecule has 0 bridgehead atoms. The molecule has 0 spiro atoms. The molecule has 0 aromatic heterocycles. The Balaban J connectivity index is 1.87. The maximum absolute atomic E-state index is 12.2. The van der Waals surface area contributed by atoms with Gasteiger partial charge in [0.25, 0.3) is 0 Å². The summed E-state index contributed by atoms with van der Waals surface area (Å²) in [6.07, 6.45) is 2.67. The summed E-state index contributed by atoms with van der Waals surface area (Å²) >= 11 is 5.85. The zero-order valence-corrected chi connectivity index (χ0v) is 16.5. The van der Waals surface area contributed by atoms with E-state index in [0.29, 0.717) is 17.3 Å². The van der Waals surface area contributed by atoms with Crippen LogP contribution in [0.1, 0.15) is 17.5 Å². The van der Waals surface area contributed by atoms with Gasteiger partial charge in [0, 0.05) is 11.6 Å². The number of carbonyl (C=O) groups excluding carboxylic acids is 1. The zero-order chi connectivity index (χ0) is 19.2. The zero-order valence-electron chi connectivity index (χ0n) is 14.9. The lowest BCUT2D eigenvalue weighted by molar-refractivity contribution is -0.119. The predicted octanol–water partition coefficient (Wildman–Crippen LogP) is 3.16. The first kappa shape index (κ1) is 20.3. The summed E-state index contributed by atoms with van der Waals surface area (Å²) in [6.45, 7) is 2.16. The van der Waals surface area contributed by atoms with Gasteiger partial charge in [0.05, 0.1) is 11.9 Å². The smallest absolute Gasteiger partial charge is 0.240 e. The van der Waals surface area contributed by atoms with E-state index in [1.54, 1.807) is 12.1 Å². The first-order chi connectivity index (χ1) is 12.3. The molecular weight excluding hydrogens is 372 g/mol. The largest absolute Gasteiger partial charge is 0.355 e. The van der Waals surface area contributed by atoms with Crippen LogP contribution in [-0.2, 0) is 21.2 Å². The van der Waals surface area contributed by atoms with E-state index >= 15 is 0 Å². The molecule has 0 aliphatic rings. The summed E-state index contributed by atoms with van der Waals surface area (Å²) < 4.78 is 25.2. The van der Waals surface area contributed by atoms with Crippen LogP contribution in [0.5, 0.6) is 0 Å². The molecule has 0 atom stereocenters. The third-order valence-electron chi connectivity index (χ3n) is 3.89. The molecule has 2 rings (SSSR count). The topological polar surface area (TPSA) is 66.5 Å². The fraction of sp³-hybridized carbons (Fsp3) is 0.316. The van der Waals surface area contributed by atoms with E-state index in [9.17, 15) is 13.2 Å². The molecule has 0 saturated heterocycles. The van der Waals surface area contributed by atoms with Gasteiger partial charge >= 0.3 is 0 Å². The standard InChI is InChI=1S/C19H23ClN2O3S/c1-15-5-11-18(12-6-15)22(26(2,24)25)14-19(23)21-13-3-4-16-7-9-17(20)10-8-16/h5-12H,3-4,13-14H2,1-2H3,(H,21,23). The highest BCUT2D eigenvalue weighted by Gasteiger charge is 2.20. The molecule has 0 aliphatic carbocycles. The Morgan fingerprint density at radius 3 is 2.27 bits per heavy atom. The molecule has 0 fully saturated rings. The Labute approximate surface area is 160 Å². The minimum Gasteiger partial charge on any atom is -0.355 e. The molecule has 0 heterocycles. The fourth-order valence-corrected chi connectivity index (χ4v) is 3.45. The van der Waals surface area contributed by atoms with Crippen LogP contribution in [-0.4, -0.2) is 33.7 Å². The Hall–Kier alpha value is -2.05. The molecule has 140 valence electrons. The van der Waals surface area contributed by atoms with E-state index in [2.05, 4.69) is 5.32 Å². The second-order valence-electron chi connectivity index (χ2n) is 6.19. The van der Waals surface area contributed by atoms with Crippen molar-refractivity contribution in [1.29, 1.82) is 0 Å². The van der Waals surface area contributed by atoms with E-state index < -0.39 is 10.0 Å². The number of anilines is 1. The van der Waals surface area contributed by atoms with Crippen molar-refractivity contribution < 1.29 is 13.2 Å². The lowest BCUT2D eigenvalue weighted by Gasteiger charge is -2.22. The number of hydrogen-bond acceptors (Lipinski definition) is 3. The normalized spacial score (nSPS) is 11.2. The lowest BCUT2D eigenvalue weighted by atomic mass is 10.1. The summed E-state index contributed by atoms with van der Waals surface area (Å²) in [7, 11) is -3.54. The van der Waals surface area contributed by atoms with Crippen LogP contribution in [0.2, 0.25) is 5.02 Å². The number of hydrogen-bond donors (Lipinski definition) is 1. The molecule has 1 N–H and O–H groups in total. The monoisotopic (exact) mass is 394 g/mol. The lowest BCUT2D eigenvalue weighted by Crippen LogP contribution is -2.40. The summed E-state index contributed by atoms with van der Waals surface area (Å²) in [5.41, 5.74) is 2.64. The maximum atomic E-state index is 12.2. The van der Waals surface area contributed by atoms with Gasteiger partial charge in [0.1, 0.15) is 6.54 Å². The van der Waals surface area contributed by atoms with Gasteiger partial charge in [-0.05, 0) is 49.6 Å². The number of benzene rings is 2. The number of nitrogens with zero attached hydrogens (tertiary/aromatic N) is 1. The van der Waals surface area contributed by atoms with E-state index in [0.717, 1.165) is 34.5 Å². The van der Waals surface area contributed by atoms with Gasteiger partial charge < -0.3 is 5.32 Å². The number of aryl methyl sites for hydroxylation is 2. The number of halogens is 1. The van der Waals surface area contributed by atoms with Gasteiger partial charge in [-0.25, -0.2) is 8.42 Å². The highest BCUT2D eigenvalue weighted by atomic mass is 35.5. The molecule has 26 heavy (non-hydrogen) atoms. The van der Waals surface area contributed by atoms with Crippen molar-refractivity contribution in [2.24, 2.45) is 0 Å². The first-order valence-electron chi connectivity index (χ1n) is 8.31. The molecule has 7 heteroatoms. The average molecular weight is 395 g/mol. The third kappa shape index (κ3) is 6.35. The number of nitrogens with one attached hydrogen (secondary N) is 1. The Kier molecular flexibility index (Phi) is 7.06. The van der Waals surface area contributed by atoms with Gasteiger partial charge in [-0.15, -0.1) is 0 Å². The Morgan fingerprint density at radius 1 is 1.08 bits per heavy atom. The van der Waals surface area contributed by atoms with Crippen LogP contribution < -0.4 is 9.62 Å². The Bertz CT molecular complexity index is 834. The van der Waals surface area contributed by atoms with Crippen LogP contribution in [0.25, 0.3) is 0 Å². The van der Waals surface area contributed by atoms with Crippen molar-refractivity contribution in [1.82, 2.24) is 5.32 Å². The Morgan fingerprint density at radius 2 is 1.69 bits per heavy atom. The summed E-state index contributed by atoms with van der Waals surface area (Å²) in [5.74, 6) is -0.327. The molecule has 2 aromatic carbocycles. The second kappa shape index (κ2) is 9.05. The fourth-order valence-electron chi connectivity index (χ4n) is 2.47. The minimum absolute atomic E-state index is 0.233. The summed E-state index contributed by atoms with van der Waals surface area (Å²) in [5, 5.41) is 3.47. The second-order valence-corrected chi connectivity index (χ2v) is 8.53. The summed E-state index contributed by atoms with van der Waals surface area (Å²) in [6, 6.07) is 14.6. The average Bonchev–Trinajstić information content (AvgIpc) is 2.58. The van der Waals surface area contributed by atoms with Crippen LogP contribution in [0.3, 0.4) is 0 Å². The maximum Gasteiger partial charge on any atom is 0.240 e. The number of amides is 1. The molecule has 0 unspecified atom stereocenters. The quantitative estimate of drug-likeness (QED) is 0.699. The van der Waals surface area contributed by atoms with Crippen molar-refractivity contribution in [3.8, 4) is 0 Å². The molecule has 0 aliphatic heterocycles. The van der Waals surface area contributed by atoms with Gasteiger partial charge in [-0.1, -0.05) is 41.4 Å². The van der Waals surface area contributed by atoms with Crippen molar-refractivity contribution in [3.63, 3.8) is 0 Å². The predicted molar refractivity (Wildman–Crippen MR) is 106 cm³/mol. The first-order valence-corrected chi connectivity index (χ1v) is 10.5. The minimum atomic E-state index is -3.54. The SMILES string of the molecule is Cc1ccc(N(CC(=O)NCCCc2ccc(Cl)cc2)S(C)(=O)=O)cc1. The number of rotatable bonds is 8. The van der Waals surface area contributed by atoms with Gasteiger partial charge in [-0.3, -0.25) is 9.10 Å². The van der Waals surface area contributed by atoms with E-state index in [-0.39, 0.29) is 12.5 Å². The van der Waals surface area contributed by atoms with E-state index in [1.807, 2.05) is 43.3 Å². The van der Waals surface area contributed by atoms with Crippen molar-refractivity contribution in [3.05, 3.63) is 64.7 Å². The number of carbonyl (C=O) groups is 1. The highest BCUT2D eigenvalue weighted by Crippen LogP contribution is 2.17. The van der Waals surface area contributed by atoms with E-state index in [4.69, 9.17) is 11.6 Å². The van der Waals surface area contributed by atoms with Crippen molar-refractivity contribution >= 4 is 33.2 Å². The van der Waals surface area contributed by atoms with Gasteiger partial charge in [0.2, 0.25) is 15.9 Å². The van der Waals surface area contributed by atoms with Crippen LogP contribution in [0, 0.1) is 6.92 Å². The van der Waals surface area contributed by atoms with Gasteiger partial charge in [0.15, 0.2) is 0 Å². The molecule has 5 nitrogen and oxygen atoms in total.